The Morgan fingerprint density at radius 1 is 1.08 bits per heavy atom. The summed E-state index contributed by atoms with van der Waals surface area (Å²) in [6, 6.07) is 4.56. The lowest BCUT2D eigenvalue weighted by Gasteiger charge is -2.34. The molecule has 1 amide bonds. The standard InChI is InChI=1S/C16H20F3N3O3S/c17-16(18,19)11-21-6-8-22(9-7-21)26(24,25)13-4-5-14-12(10-13)2-1-3-15(23)20-14/h4-5,10H,1-3,6-9,11H2,(H,20,23). The molecule has 1 aromatic carbocycles. The van der Waals surface area contributed by atoms with Crippen molar-refractivity contribution in [2.24, 2.45) is 0 Å². The Bertz CT molecular complexity index is 788. The third-order valence-corrected chi connectivity index (χ3v) is 6.47. The van der Waals surface area contributed by atoms with Gasteiger partial charge in [0.05, 0.1) is 11.4 Å². The number of aryl methyl sites for hydroxylation is 1. The van der Waals surface area contributed by atoms with Crippen LogP contribution >= 0.6 is 0 Å². The number of carbonyl (C=O) groups is 1. The molecule has 10 heteroatoms. The molecule has 0 aromatic heterocycles. The molecule has 0 radical (unpaired) electrons. The molecule has 0 spiro atoms. The van der Waals surface area contributed by atoms with Crippen molar-refractivity contribution < 1.29 is 26.4 Å². The number of rotatable bonds is 3. The van der Waals surface area contributed by atoms with E-state index in [0.29, 0.717) is 24.9 Å². The van der Waals surface area contributed by atoms with Gasteiger partial charge in [-0.15, -0.1) is 0 Å². The summed E-state index contributed by atoms with van der Waals surface area (Å²) in [5, 5.41) is 2.75. The van der Waals surface area contributed by atoms with Gasteiger partial charge in [-0.1, -0.05) is 0 Å². The van der Waals surface area contributed by atoms with E-state index in [4.69, 9.17) is 0 Å². The lowest BCUT2D eigenvalue weighted by atomic mass is 10.1. The van der Waals surface area contributed by atoms with Gasteiger partial charge in [0.15, 0.2) is 0 Å². The zero-order chi connectivity index (χ0) is 18.9. The molecule has 0 unspecified atom stereocenters. The molecule has 26 heavy (non-hydrogen) atoms. The van der Waals surface area contributed by atoms with E-state index >= 15 is 0 Å². The summed E-state index contributed by atoms with van der Waals surface area (Å²) in [6.45, 7) is -0.905. The zero-order valence-electron chi connectivity index (χ0n) is 14.1. The van der Waals surface area contributed by atoms with Gasteiger partial charge in [-0.05, 0) is 36.6 Å². The van der Waals surface area contributed by atoms with E-state index in [2.05, 4.69) is 5.32 Å². The lowest BCUT2D eigenvalue weighted by Crippen LogP contribution is -2.50. The number of nitrogens with one attached hydrogen (secondary N) is 1. The van der Waals surface area contributed by atoms with Gasteiger partial charge in [0.1, 0.15) is 0 Å². The van der Waals surface area contributed by atoms with Crippen molar-refractivity contribution in [3.05, 3.63) is 23.8 Å². The summed E-state index contributed by atoms with van der Waals surface area (Å²) < 4.78 is 64.2. The van der Waals surface area contributed by atoms with Crippen molar-refractivity contribution in [2.75, 3.05) is 38.0 Å². The highest BCUT2D eigenvalue weighted by molar-refractivity contribution is 7.89. The van der Waals surface area contributed by atoms with Crippen LogP contribution in [-0.2, 0) is 21.2 Å². The van der Waals surface area contributed by atoms with Gasteiger partial charge in [-0.25, -0.2) is 8.42 Å². The summed E-state index contributed by atoms with van der Waals surface area (Å²) in [5.41, 5.74) is 1.37. The number of hydrogen-bond acceptors (Lipinski definition) is 4. The normalized spacial score (nSPS) is 20.3. The van der Waals surface area contributed by atoms with Crippen molar-refractivity contribution in [2.45, 2.75) is 30.3 Å². The van der Waals surface area contributed by atoms with Crippen LogP contribution in [0.3, 0.4) is 0 Å². The maximum Gasteiger partial charge on any atom is 0.401 e. The quantitative estimate of drug-likeness (QED) is 0.854. The fraction of sp³-hybridized carbons (Fsp3) is 0.562. The largest absolute Gasteiger partial charge is 0.401 e. The number of fused-ring (bicyclic) bond motifs is 1. The van der Waals surface area contributed by atoms with E-state index < -0.39 is 22.7 Å². The van der Waals surface area contributed by atoms with E-state index in [1.807, 2.05) is 0 Å². The molecule has 0 bridgehead atoms. The second-order valence-electron chi connectivity index (χ2n) is 6.52. The average molecular weight is 391 g/mol. The Kier molecular flexibility index (Phi) is 5.27. The van der Waals surface area contributed by atoms with Crippen LogP contribution < -0.4 is 5.32 Å². The molecule has 1 aromatic rings. The number of nitrogens with zero attached hydrogens (tertiary/aromatic N) is 2. The van der Waals surface area contributed by atoms with E-state index in [0.717, 1.165) is 5.56 Å². The van der Waals surface area contributed by atoms with Crippen molar-refractivity contribution >= 4 is 21.6 Å². The van der Waals surface area contributed by atoms with Crippen LogP contribution in [0.15, 0.2) is 23.1 Å². The Morgan fingerprint density at radius 3 is 2.42 bits per heavy atom. The number of amides is 1. The van der Waals surface area contributed by atoms with Crippen molar-refractivity contribution in [1.29, 1.82) is 0 Å². The molecule has 2 heterocycles. The summed E-state index contributed by atoms with van der Waals surface area (Å²) >= 11 is 0. The molecule has 0 saturated carbocycles. The van der Waals surface area contributed by atoms with E-state index in [-0.39, 0.29) is 37.0 Å². The second-order valence-corrected chi connectivity index (χ2v) is 8.45. The van der Waals surface area contributed by atoms with Crippen LogP contribution in [0.5, 0.6) is 0 Å². The second kappa shape index (κ2) is 7.16. The fourth-order valence-corrected chi connectivity index (χ4v) is 4.72. The highest BCUT2D eigenvalue weighted by Crippen LogP contribution is 2.27. The number of anilines is 1. The number of halogens is 3. The van der Waals surface area contributed by atoms with Crippen molar-refractivity contribution in [1.82, 2.24) is 9.21 Å². The first-order chi connectivity index (χ1) is 12.1. The minimum absolute atomic E-state index is 0.0201. The number of piperazine rings is 1. The highest BCUT2D eigenvalue weighted by Gasteiger charge is 2.35. The van der Waals surface area contributed by atoms with Gasteiger partial charge in [-0.3, -0.25) is 9.69 Å². The molecule has 0 aliphatic carbocycles. The molecule has 3 rings (SSSR count). The first-order valence-corrected chi connectivity index (χ1v) is 9.81. The van der Waals surface area contributed by atoms with Gasteiger partial charge < -0.3 is 5.32 Å². The Morgan fingerprint density at radius 2 is 1.77 bits per heavy atom. The summed E-state index contributed by atoms with van der Waals surface area (Å²) in [7, 11) is -3.78. The fourth-order valence-electron chi connectivity index (χ4n) is 3.24. The Balaban J connectivity index is 1.73. The molecule has 6 nitrogen and oxygen atoms in total. The Hall–Kier alpha value is -1.65. The number of carbonyl (C=O) groups excluding carboxylic acids is 1. The third-order valence-electron chi connectivity index (χ3n) is 4.57. The van der Waals surface area contributed by atoms with Gasteiger partial charge in [0.2, 0.25) is 15.9 Å². The number of sulfonamides is 1. The van der Waals surface area contributed by atoms with Crippen LogP contribution in [0.25, 0.3) is 0 Å². The first-order valence-electron chi connectivity index (χ1n) is 8.37. The van der Waals surface area contributed by atoms with Crippen LogP contribution in [0.1, 0.15) is 18.4 Å². The van der Waals surface area contributed by atoms with Crippen LogP contribution in [0.4, 0.5) is 18.9 Å². The highest BCUT2D eigenvalue weighted by atomic mass is 32.2. The molecule has 1 fully saturated rings. The molecule has 2 aliphatic heterocycles. The van der Waals surface area contributed by atoms with E-state index in [9.17, 15) is 26.4 Å². The topological polar surface area (TPSA) is 69.7 Å². The van der Waals surface area contributed by atoms with E-state index in [1.165, 1.54) is 15.3 Å². The maximum atomic E-state index is 12.8. The third kappa shape index (κ3) is 4.36. The molecule has 2 aliphatic rings. The number of alkyl halides is 3. The molecule has 0 atom stereocenters. The van der Waals surface area contributed by atoms with Gasteiger partial charge >= 0.3 is 6.18 Å². The Labute approximate surface area is 150 Å². The summed E-state index contributed by atoms with van der Waals surface area (Å²) in [4.78, 5) is 12.9. The summed E-state index contributed by atoms with van der Waals surface area (Å²) in [6.07, 6.45) is -2.67. The molecule has 1 saturated heterocycles. The lowest BCUT2D eigenvalue weighted by molar-refractivity contribution is -0.148. The molecular formula is C16H20F3N3O3S. The van der Waals surface area contributed by atoms with Crippen LogP contribution in [0.2, 0.25) is 0 Å². The van der Waals surface area contributed by atoms with E-state index in [1.54, 1.807) is 12.1 Å². The SMILES string of the molecule is O=C1CCCc2cc(S(=O)(=O)N3CCN(CC(F)(F)F)CC3)ccc2N1. The minimum Gasteiger partial charge on any atom is -0.326 e. The van der Waals surface area contributed by atoms with Crippen molar-refractivity contribution in [3.63, 3.8) is 0 Å². The number of benzene rings is 1. The molecule has 144 valence electrons. The predicted octanol–water partition coefficient (Wildman–Crippen LogP) is 1.83. The van der Waals surface area contributed by atoms with Gasteiger partial charge in [0.25, 0.3) is 0 Å². The monoisotopic (exact) mass is 391 g/mol. The smallest absolute Gasteiger partial charge is 0.326 e. The van der Waals surface area contributed by atoms with Crippen LogP contribution in [0, 0.1) is 0 Å². The molecular weight excluding hydrogens is 371 g/mol. The minimum atomic E-state index is -4.29. The average Bonchev–Trinajstić information content (AvgIpc) is 2.73. The van der Waals surface area contributed by atoms with Crippen LogP contribution in [-0.4, -0.2) is 62.4 Å². The first kappa shape index (κ1) is 19.1. The molecule has 1 N–H and O–H groups in total. The zero-order valence-corrected chi connectivity index (χ0v) is 14.9. The summed E-state index contributed by atoms with van der Waals surface area (Å²) in [5.74, 6) is -0.0971. The van der Waals surface area contributed by atoms with Gasteiger partial charge in [-0.2, -0.15) is 17.5 Å². The number of hydrogen-bond donors (Lipinski definition) is 1. The predicted molar refractivity (Wildman–Crippen MR) is 89.3 cm³/mol. The van der Waals surface area contributed by atoms with Crippen molar-refractivity contribution in [3.8, 4) is 0 Å². The van der Waals surface area contributed by atoms with Gasteiger partial charge in [0, 0.05) is 38.3 Å². The maximum absolute atomic E-state index is 12.8.